The highest BCUT2D eigenvalue weighted by atomic mass is 35.5. The third-order valence-electron chi connectivity index (χ3n) is 2.19. The molecule has 4 heteroatoms. The summed E-state index contributed by atoms with van der Waals surface area (Å²) in [6.07, 6.45) is 0. The number of hydrogen-bond donors (Lipinski definition) is 1. The molecule has 0 saturated heterocycles. The summed E-state index contributed by atoms with van der Waals surface area (Å²) in [4.78, 5) is 0. The summed E-state index contributed by atoms with van der Waals surface area (Å²) >= 11 is 6.05. The molecule has 0 bridgehead atoms. The minimum Gasteiger partial charge on any atom is -0.489 e. The summed E-state index contributed by atoms with van der Waals surface area (Å²) in [5, 5.41) is 0.594. The van der Waals surface area contributed by atoms with E-state index in [-0.39, 0.29) is 0 Å². The van der Waals surface area contributed by atoms with E-state index in [2.05, 4.69) is 13.8 Å². The molecule has 0 heterocycles. The Hall–Kier alpha value is -0.770. The molecule has 96 valence electrons. The fourth-order valence-corrected chi connectivity index (χ4v) is 1.65. The van der Waals surface area contributed by atoms with Gasteiger partial charge in [0.25, 0.3) is 0 Å². The van der Waals surface area contributed by atoms with Crippen LogP contribution in [0, 0.1) is 5.92 Å². The second-order valence-corrected chi connectivity index (χ2v) is 4.66. The highest BCUT2D eigenvalue weighted by molar-refractivity contribution is 6.32. The van der Waals surface area contributed by atoms with Gasteiger partial charge in [0.2, 0.25) is 0 Å². The van der Waals surface area contributed by atoms with Gasteiger partial charge in [0, 0.05) is 18.7 Å². The van der Waals surface area contributed by atoms with Crippen molar-refractivity contribution in [3.63, 3.8) is 0 Å². The maximum Gasteiger partial charge on any atom is 0.142 e. The molecule has 0 amide bonds. The smallest absolute Gasteiger partial charge is 0.142 e. The molecule has 1 aromatic carbocycles. The predicted octanol–water partition coefficient (Wildman–Crippen LogP) is 2.85. The van der Waals surface area contributed by atoms with Gasteiger partial charge in [0.1, 0.15) is 12.4 Å². The van der Waals surface area contributed by atoms with Gasteiger partial charge in [0.15, 0.2) is 0 Å². The first-order valence-electron chi connectivity index (χ1n) is 5.83. The minimum atomic E-state index is 0.419. The Morgan fingerprint density at radius 3 is 2.71 bits per heavy atom. The Morgan fingerprint density at radius 1 is 1.29 bits per heavy atom. The second-order valence-electron chi connectivity index (χ2n) is 4.25. The third kappa shape index (κ3) is 4.94. The van der Waals surface area contributed by atoms with Crippen molar-refractivity contribution in [2.45, 2.75) is 20.4 Å². The molecule has 17 heavy (non-hydrogen) atoms. The highest BCUT2D eigenvalue weighted by Gasteiger charge is 2.06. The van der Waals surface area contributed by atoms with Gasteiger partial charge in [0.05, 0.1) is 11.6 Å². The molecule has 0 aliphatic rings. The minimum absolute atomic E-state index is 0.419. The maximum atomic E-state index is 6.05. The van der Waals surface area contributed by atoms with Crippen LogP contribution >= 0.6 is 11.6 Å². The average Bonchev–Trinajstić information content (AvgIpc) is 2.30. The summed E-state index contributed by atoms with van der Waals surface area (Å²) in [6.45, 7) is 6.44. The van der Waals surface area contributed by atoms with Crippen LogP contribution in [0.3, 0.4) is 0 Å². The third-order valence-corrected chi connectivity index (χ3v) is 2.49. The van der Waals surface area contributed by atoms with E-state index in [0.717, 1.165) is 12.2 Å². The zero-order valence-corrected chi connectivity index (χ0v) is 11.2. The summed E-state index contributed by atoms with van der Waals surface area (Å²) in [6, 6.07) is 5.58. The molecule has 2 N–H and O–H groups in total. The monoisotopic (exact) mass is 257 g/mol. The topological polar surface area (TPSA) is 44.5 Å². The average molecular weight is 258 g/mol. The number of halogens is 1. The Labute approximate surface area is 108 Å². The van der Waals surface area contributed by atoms with Crippen molar-refractivity contribution in [1.29, 1.82) is 0 Å². The lowest BCUT2D eigenvalue weighted by Crippen LogP contribution is -2.11. The van der Waals surface area contributed by atoms with Crippen LogP contribution in [0.5, 0.6) is 5.75 Å². The molecule has 0 fully saturated rings. The molecule has 0 atom stereocenters. The first kappa shape index (κ1) is 14.3. The normalized spacial score (nSPS) is 10.9. The van der Waals surface area contributed by atoms with E-state index >= 15 is 0 Å². The van der Waals surface area contributed by atoms with Gasteiger partial charge in [-0.15, -0.1) is 0 Å². The molecule has 0 aromatic heterocycles. The lowest BCUT2D eigenvalue weighted by molar-refractivity contribution is 0.0816. The largest absolute Gasteiger partial charge is 0.489 e. The van der Waals surface area contributed by atoms with E-state index in [4.69, 9.17) is 26.8 Å². The summed E-state index contributed by atoms with van der Waals surface area (Å²) in [5.41, 5.74) is 6.54. The molecule has 1 rings (SSSR count). The lowest BCUT2D eigenvalue weighted by Gasteiger charge is -2.12. The number of ether oxygens (including phenoxy) is 2. The molecule has 1 aromatic rings. The van der Waals surface area contributed by atoms with Gasteiger partial charge in [-0.25, -0.2) is 0 Å². The van der Waals surface area contributed by atoms with Crippen LogP contribution in [0.4, 0.5) is 0 Å². The second kappa shape index (κ2) is 7.54. The van der Waals surface area contributed by atoms with Crippen LogP contribution in [0.25, 0.3) is 0 Å². The van der Waals surface area contributed by atoms with Crippen molar-refractivity contribution in [1.82, 2.24) is 0 Å². The summed E-state index contributed by atoms with van der Waals surface area (Å²) < 4.78 is 11.0. The van der Waals surface area contributed by atoms with Crippen LogP contribution in [-0.2, 0) is 11.3 Å². The zero-order chi connectivity index (χ0) is 12.7. The quantitative estimate of drug-likeness (QED) is 0.764. The van der Waals surface area contributed by atoms with Crippen molar-refractivity contribution in [3.05, 3.63) is 28.8 Å². The van der Waals surface area contributed by atoms with Gasteiger partial charge in [-0.05, 0) is 12.0 Å². The van der Waals surface area contributed by atoms with Gasteiger partial charge >= 0.3 is 0 Å². The van der Waals surface area contributed by atoms with Gasteiger partial charge in [-0.3, -0.25) is 0 Å². The van der Waals surface area contributed by atoms with Crippen LogP contribution in [-0.4, -0.2) is 19.8 Å². The van der Waals surface area contributed by atoms with E-state index in [9.17, 15) is 0 Å². The number of rotatable bonds is 7. The van der Waals surface area contributed by atoms with Crippen molar-refractivity contribution in [2.24, 2.45) is 11.7 Å². The molecule has 0 saturated carbocycles. The van der Waals surface area contributed by atoms with Crippen LogP contribution in [0.1, 0.15) is 19.4 Å². The Bertz CT molecular complexity index is 342. The van der Waals surface area contributed by atoms with E-state index in [1.165, 1.54) is 0 Å². The standard InChI is InChI=1S/C13H20ClNO2/c1-10(2)9-16-6-7-17-13-11(8-15)4-3-5-12(13)14/h3-5,10H,6-9,15H2,1-2H3. The first-order valence-corrected chi connectivity index (χ1v) is 6.21. The van der Waals surface area contributed by atoms with Crippen LogP contribution in [0.2, 0.25) is 5.02 Å². The van der Waals surface area contributed by atoms with E-state index in [1.54, 1.807) is 6.07 Å². The Morgan fingerprint density at radius 2 is 2.06 bits per heavy atom. The Balaban J connectivity index is 2.40. The highest BCUT2D eigenvalue weighted by Crippen LogP contribution is 2.28. The van der Waals surface area contributed by atoms with Gasteiger partial charge in [-0.1, -0.05) is 37.6 Å². The fourth-order valence-electron chi connectivity index (χ4n) is 1.40. The SMILES string of the molecule is CC(C)COCCOc1c(Cl)cccc1CN. The van der Waals surface area contributed by atoms with E-state index in [1.807, 2.05) is 12.1 Å². The molecule has 0 radical (unpaired) electrons. The number of hydrogen-bond acceptors (Lipinski definition) is 3. The molecule has 0 spiro atoms. The number of para-hydroxylation sites is 1. The van der Waals surface area contributed by atoms with E-state index in [0.29, 0.717) is 36.4 Å². The number of nitrogens with two attached hydrogens (primary N) is 1. The van der Waals surface area contributed by atoms with Crippen LogP contribution in [0.15, 0.2) is 18.2 Å². The maximum absolute atomic E-state index is 6.05. The van der Waals surface area contributed by atoms with Crippen molar-refractivity contribution in [3.8, 4) is 5.75 Å². The first-order chi connectivity index (χ1) is 8.15. The summed E-state index contributed by atoms with van der Waals surface area (Å²) in [7, 11) is 0. The molecule has 0 unspecified atom stereocenters. The lowest BCUT2D eigenvalue weighted by atomic mass is 10.2. The van der Waals surface area contributed by atoms with E-state index < -0.39 is 0 Å². The van der Waals surface area contributed by atoms with Crippen molar-refractivity contribution < 1.29 is 9.47 Å². The fraction of sp³-hybridized carbons (Fsp3) is 0.538. The van der Waals surface area contributed by atoms with Gasteiger partial charge in [-0.2, -0.15) is 0 Å². The summed E-state index contributed by atoms with van der Waals surface area (Å²) in [5.74, 6) is 1.21. The molecule has 0 aliphatic heterocycles. The van der Waals surface area contributed by atoms with Crippen LogP contribution < -0.4 is 10.5 Å². The zero-order valence-electron chi connectivity index (χ0n) is 10.4. The molecule has 3 nitrogen and oxygen atoms in total. The molecular formula is C13H20ClNO2. The van der Waals surface area contributed by atoms with Crippen molar-refractivity contribution in [2.75, 3.05) is 19.8 Å². The van der Waals surface area contributed by atoms with Gasteiger partial charge < -0.3 is 15.2 Å². The number of benzene rings is 1. The predicted molar refractivity (Wildman–Crippen MR) is 70.5 cm³/mol. The van der Waals surface area contributed by atoms with Crippen molar-refractivity contribution >= 4 is 11.6 Å². The molecule has 0 aliphatic carbocycles. The Kier molecular flexibility index (Phi) is 6.34. The molecular weight excluding hydrogens is 238 g/mol.